The molecule has 0 aliphatic heterocycles. The van der Waals surface area contributed by atoms with Crippen molar-refractivity contribution < 1.29 is 9.53 Å². The SMILES string of the molecule is COc1ccc(N)cc1NC(=O)C(C)N(C)C(C)CC#N. The lowest BCUT2D eigenvalue weighted by Gasteiger charge is -2.28. The van der Waals surface area contributed by atoms with Gasteiger partial charge in [-0.05, 0) is 39.1 Å². The van der Waals surface area contributed by atoms with Crippen LogP contribution in [0.3, 0.4) is 0 Å². The molecule has 0 bridgehead atoms. The molecule has 1 rings (SSSR count). The minimum absolute atomic E-state index is 0.00140. The van der Waals surface area contributed by atoms with Gasteiger partial charge < -0.3 is 15.8 Å². The van der Waals surface area contributed by atoms with E-state index in [0.717, 1.165) is 0 Å². The molecule has 0 spiro atoms. The summed E-state index contributed by atoms with van der Waals surface area (Å²) >= 11 is 0. The molecule has 21 heavy (non-hydrogen) atoms. The van der Waals surface area contributed by atoms with E-state index in [1.165, 1.54) is 7.11 Å². The number of nitrogen functional groups attached to an aromatic ring is 1. The van der Waals surface area contributed by atoms with Crippen LogP contribution in [0.15, 0.2) is 18.2 Å². The number of likely N-dealkylation sites (N-methyl/N-ethyl adjacent to an activating group) is 1. The number of rotatable bonds is 6. The molecule has 114 valence electrons. The van der Waals surface area contributed by atoms with Crippen LogP contribution in [0.2, 0.25) is 0 Å². The Morgan fingerprint density at radius 3 is 2.76 bits per heavy atom. The van der Waals surface area contributed by atoms with Crippen molar-refractivity contribution in [3.63, 3.8) is 0 Å². The van der Waals surface area contributed by atoms with E-state index >= 15 is 0 Å². The summed E-state index contributed by atoms with van der Waals surface area (Å²) in [7, 11) is 3.36. The predicted octanol–water partition coefficient (Wildman–Crippen LogP) is 1.84. The molecule has 6 heteroatoms. The Morgan fingerprint density at radius 1 is 1.52 bits per heavy atom. The van der Waals surface area contributed by atoms with E-state index in [4.69, 9.17) is 15.7 Å². The van der Waals surface area contributed by atoms with Gasteiger partial charge >= 0.3 is 0 Å². The standard InChI is InChI=1S/C15H22N4O2/c1-10(7-8-16)19(3)11(2)15(20)18-13-9-12(17)5-6-14(13)21-4/h5-6,9-11H,7,17H2,1-4H3,(H,18,20). The van der Waals surface area contributed by atoms with E-state index in [2.05, 4.69) is 11.4 Å². The van der Waals surface area contributed by atoms with Gasteiger partial charge in [0.1, 0.15) is 5.75 Å². The molecular weight excluding hydrogens is 268 g/mol. The van der Waals surface area contributed by atoms with Crippen molar-refractivity contribution in [3.05, 3.63) is 18.2 Å². The van der Waals surface area contributed by atoms with Gasteiger partial charge in [-0.25, -0.2) is 0 Å². The number of hydrogen-bond acceptors (Lipinski definition) is 5. The molecule has 0 radical (unpaired) electrons. The molecule has 0 saturated heterocycles. The van der Waals surface area contributed by atoms with E-state index in [1.54, 1.807) is 25.1 Å². The van der Waals surface area contributed by atoms with Crippen molar-refractivity contribution in [3.8, 4) is 11.8 Å². The zero-order valence-electron chi connectivity index (χ0n) is 12.9. The van der Waals surface area contributed by atoms with E-state index < -0.39 is 0 Å². The number of anilines is 2. The van der Waals surface area contributed by atoms with Gasteiger partial charge in [0.25, 0.3) is 0 Å². The van der Waals surface area contributed by atoms with Crippen LogP contribution in [0, 0.1) is 11.3 Å². The summed E-state index contributed by atoms with van der Waals surface area (Å²) < 4.78 is 5.20. The Balaban J connectivity index is 2.81. The van der Waals surface area contributed by atoms with Gasteiger partial charge in [-0.2, -0.15) is 5.26 Å². The fourth-order valence-electron chi connectivity index (χ4n) is 1.90. The van der Waals surface area contributed by atoms with Crippen molar-refractivity contribution >= 4 is 17.3 Å². The van der Waals surface area contributed by atoms with E-state index in [1.807, 2.05) is 18.9 Å². The number of benzene rings is 1. The van der Waals surface area contributed by atoms with Crippen molar-refractivity contribution in [2.45, 2.75) is 32.4 Å². The summed E-state index contributed by atoms with van der Waals surface area (Å²) in [4.78, 5) is 14.2. The summed E-state index contributed by atoms with van der Waals surface area (Å²) in [5, 5.41) is 11.5. The Kier molecular flexibility index (Phi) is 6.00. The Bertz CT molecular complexity index is 539. The number of amides is 1. The first-order valence-corrected chi connectivity index (χ1v) is 6.74. The molecule has 1 amide bonds. The van der Waals surface area contributed by atoms with Crippen LogP contribution in [-0.2, 0) is 4.79 Å². The highest BCUT2D eigenvalue weighted by molar-refractivity contribution is 5.96. The highest BCUT2D eigenvalue weighted by Crippen LogP contribution is 2.26. The molecule has 0 aliphatic rings. The number of hydrogen-bond donors (Lipinski definition) is 2. The minimum atomic E-state index is -0.375. The normalized spacial score (nSPS) is 13.3. The first kappa shape index (κ1) is 16.8. The van der Waals surface area contributed by atoms with Gasteiger partial charge in [0, 0.05) is 11.7 Å². The average Bonchev–Trinajstić information content (AvgIpc) is 2.46. The monoisotopic (exact) mass is 290 g/mol. The number of carbonyl (C=O) groups is 1. The number of nitrogens with two attached hydrogens (primary N) is 1. The Hall–Kier alpha value is -2.26. The van der Waals surface area contributed by atoms with Crippen molar-refractivity contribution in [2.75, 3.05) is 25.2 Å². The maximum atomic E-state index is 12.3. The summed E-state index contributed by atoms with van der Waals surface area (Å²) in [6.45, 7) is 3.70. The lowest BCUT2D eigenvalue weighted by atomic mass is 10.1. The summed E-state index contributed by atoms with van der Waals surface area (Å²) in [6, 6.07) is 6.80. The van der Waals surface area contributed by atoms with Crippen molar-refractivity contribution in [2.24, 2.45) is 0 Å². The van der Waals surface area contributed by atoms with E-state index in [-0.39, 0.29) is 18.0 Å². The molecule has 0 aliphatic carbocycles. The minimum Gasteiger partial charge on any atom is -0.495 e. The van der Waals surface area contributed by atoms with Crippen LogP contribution in [-0.4, -0.2) is 37.0 Å². The van der Waals surface area contributed by atoms with E-state index in [0.29, 0.717) is 23.5 Å². The number of methoxy groups -OCH3 is 1. The molecule has 0 saturated carbocycles. The van der Waals surface area contributed by atoms with Crippen molar-refractivity contribution in [1.82, 2.24) is 4.90 Å². The summed E-state index contributed by atoms with van der Waals surface area (Å²) in [5.41, 5.74) is 6.81. The van der Waals surface area contributed by atoms with Gasteiger partial charge in [-0.15, -0.1) is 0 Å². The molecule has 1 aromatic rings. The zero-order chi connectivity index (χ0) is 16.0. The average molecular weight is 290 g/mol. The Morgan fingerprint density at radius 2 is 2.19 bits per heavy atom. The molecular formula is C15H22N4O2. The van der Waals surface area contributed by atoms with Gasteiger partial charge in [-0.1, -0.05) is 0 Å². The van der Waals surface area contributed by atoms with Crippen LogP contribution >= 0.6 is 0 Å². The molecule has 6 nitrogen and oxygen atoms in total. The molecule has 2 unspecified atom stereocenters. The van der Waals surface area contributed by atoms with Crippen molar-refractivity contribution in [1.29, 1.82) is 5.26 Å². The van der Waals surface area contributed by atoms with Gasteiger partial charge in [-0.3, -0.25) is 9.69 Å². The highest BCUT2D eigenvalue weighted by atomic mass is 16.5. The molecule has 3 N–H and O–H groups in total. The predicted molar refractivity (Wildman–Crippen MR) is 83.0 cm³/mol. The maximum Gasteiger partial charge on any atom is 0.241 e. The lowest BCUT2D eigenvalue weighted by molar-refractivity contribution is -0.120. The second-order valence-electron chi connectivity index (χ2n) is 5.00. The maximum absolute atomic E-state index is 12.3. The van der Waals surface area contributed by atoms with Crippen LogP contribution < -0.4 is 15.8 Å². The lowest BCUT2D eigenvalue weighted by Crippen LogP contribution is -2.44. The van der Waals surface area contributed by atoms with Crippen LogP contribution in [0.5, 0.6) is 5.75 Å². The second kappa shape index (κ2) is 7.50. The van der Waals surface area contributed by atoms with Crippen LogP contribution in [0.25, 0.3) is 0 Å². The smallest absolute Gasteiger partial charge is 0.241 e. The van der Waals surface area contributed by atoms with Crippen LogP contribution in [0.4, 0.5) is 11.4 Å². The molecule has 0 aromatic heterocycles. The van der Waals surface area contributed by atoms with Crippen LogP contribution in [0.1, 0.15) is 20.3 Å². The topological polar surface area (TPSA) is 91.4 Å². The third-order valence-electron chi connectivity index (χ3n) is 3.55. The molecule has 0 fully saturated rings. The quantitative estimate of drug-likeness (QED) is 0.780. The van der Waals surface area contributed by atoms with Gasteiger partial charge in [0.2, 0.25) is 5.91 Å². The number of ether oxygens (including phenoxy) is 1. The zero-order valence-corrected chi connectivity index (χ0v) is 12.9. The third-order valence-corrected chi connectivity index (χ3v) is 3.55. The Labute approximate surface area is 125 Å². The summed E-state index contributed by atoms with van der Waals surface area (Å²) in [6.07, 6.45) is 0.371. The highest BCUT2D eigenvalue weighted by Gasteiger charge is 2.23. The number of carbonyl (C=O) groups excluding carboxylic acids is 1. The largest absolute Gasteiger partial charge is 0.495 e. The van der Waals surface area contributed by atoms with E-state index in [9.17, 15) is 4.79 Å². The number of nitrogens with zero attached hydrogens (tertiary/aromatic N) is 2. The summed E-state index contributed by atoms with van der Waals surface area (Å²) in [5.74, 6) is 0.378. The van der Waals surface area contributed by atoms with Gasteiger partial charge in [0.05, 0.1) is 31.3 Å². The van der Waals surface area contributed by atoms with Gasteiger partial charge in [0.15, 0.2) is 0 Å². The number of nitriles is 1. The fraction of sp³-hybridized carbons (Fsp3) is 0.467. The number of nitrogens with one attached hydrogen (secondary N) is 1. The fourth-order valence-corrected chi connectivity index (χ4v) is 1.90. The molecule has 1 aromatic carbocycles. The molecule has 2 atom stereocenters. The first-order valence-electron chi connectivity index (χ1n) is 6.74. The first-order chi connectivity index (χ1) is 9.90. The second-order valence-corrected chi connectivity index (χ2v) is 5.00. The molecule has 0 heterocycles. The third kappa shape index (κ3) is 4.36.